The summed E-state index contributed by atoms with van der Waals surface area (Å²) < 4.78 is 5.97. The van der Waals surface area contributed by atoms with E-state index in [9.17, 15) is 19.2 Å². The molecule has 0 radical (unpaired) electrons. The molecule has 0 aromatic heterocycles. The van der Waals surface area contributed by atoms with Crippen molar-refractivity contribution in [3.05, 3.63) is 60.2 Å². The molecule has 41 heavy (non-hydrogen) atoms. The summed E-state index contributed by atoms with van der Waals surface area (Å²) >= 11 is 0. The molecule has 1 N–H and O–H groups in total. The van der Waals surface area contributed by atoms with Crippen molar-refractivity contribution in [2.24, 2.45) is 17.8 Å². The van der Waals surface area contributed by atoms with E-state index < -0.39 is 17.9 Å². The van der Waals surface area contributed by atoms with Gasteiger partial charge in [-0.25, -0.2) is 0 Å². The minimum absolute atomic E-state index is 0.118. The number of carbonyl (C=O) groups excluding carboxylic acids is 4. The van der Waals surface area contributed by atoms with Gasteiger partial charge in [0.2, 0.25) is 23.6 Å². The predicted octanol–water partition coefficient (Wildman–Crippen LogP) is 5.56. The summed E-state index contributed by atoms with van der Waals surface area (Å²) in [5, 5.41) is 3.03. The average Bonchev–Trinajstić information content (AvgIpc) is 3.11. The van der Waals surface area contributed by atoms with Gasteiger partial charge in [0.1, 0.15) is 17.5 Å². The molecule has 2 aromatic carbocycles. The van der Waals surface area contributed by atoms with Crippen LogP contribution in [-0.2, 0) is 25.7 Å². The molecular formula is C33H45N3O5. The van der Waals surface area contributed by atoms with Crippen molar-refractivity contribution in [3.8, 4) is 11.5 Å². The molecule has 0 unspecified atom stereocenters. The van der Waals surface area contributed by atoms with Crippen LogP contribution in [0.3, 0.4) is 0 Å². The highest BCUT2D eigenvalue weighted by Crippen LogP contribution is 2.28. The Kier molecular flexibility index (Phi) is 11.9. The topological polar surface area (TPSA) is 96.0 Å². The number of imide groups is 1. The van der Waals surface area contributed by atoms with E-state index in [1.54, 1.807) is 4.90 Å². The molecule has 0 saturated carbocycles. The lowest BCUT2D eigenvalue weighted by Gasteiger charge is -2.31. The van der Waals surface area contributed by atoms with Crippen LogP contribution < -0.4 is 10.1 Å². The maximum atomic E-state index is 13.7. The van der Waals surface area contributed by atoms with Crippen LogP contribution in [0.2, 0.25) is 0 Å². The summed E-state index contributed by atoms with van der Waals surface area (Å²) in [6, 6.07) is 16.6. The van der Waals surface area contributed by atoms with Gasteiger partial charge in [0.25, 0.3) is 0 Å². The van der Waals surface area contributed by atoms with Crippen LogP contribution in [-0.4, -0.2) is 53.1 Å². The second kappa shape index (κ2) is 15.4. The molecule has 8 heteroatoms. The van der Waals surface area contributed by atoms with E-state index in [4.69, 9.17) is 4.74 Å². The third kappa shape index (κ3) is 9.17. The number of nitrogens with one attached hydrogen (secondary N) is 1. The van der Waals surface area contributed by atoms with Crippen molar-refractivity contribution >= 4 is 23.6 Å². The lowest BCUT2D eigenvalue weighted by molar-refractivity contribution is -0.149. The summed E-state index contributed by atoms with van der Waals surface area (Å²) in [5.74, 6) is -0.760. The summed E-state index contributed by atoms with van der Waals surface area (Å²) in [6.07, 6.45) is 3.89. The van der Waals surface area contributed by atoms with Crippen molar-refractivity contribution in [3.63, 3.8) is 0 Å². The average molecular weight is 564 g/mol. The number of likely N-dealkylation sites (tertiary alicyclic amines) is 1. The second-order valence-electron chi connectivity index (χ2n) is 11.4. The number of para-hydroxylation sites is 1. The Hall–Kier alpha value is -3.68. The third-order valence-corrected chi connectivity index (χ3v) is 7.62. The quantitative estimate of drug-likeness (QED) is 0.365. The van der Waals surface area contributed by atoms with Crippen molar-refractivity contribution in [2.75, 3.05) is 13.6 Å². The lowest BCUT2D eigenvalue weighted by Crippen LogP contribution is -2.51. The zero-order valence-corrected chi connectivity index (χ0v) is 25.1. The molecule has 8 nitrogen and oxygen atoms in total. The van der Waals surface area contributed by atoms with Gasteiger partial charge in [-0.05, 0) is 67.9 Å². The van der Waals surface area contributed by atoms with Crippen molar-refractivity contribution in [1.29, 1.82) is 0 Å². The largest absolute Gasteiger partial charge is 0.457 e. The lowest BCUT2D eigenvalue weighted by atomic mass is 9.81. The Morgan fingerprint density at radius 3 is 2.39 bits per heavy atom. The molecule has 1 aliphatic rings. The molecule has 4 amide bonds. The summed E-state index contributed by atoms with van der Waals surface area (Å²) in [4.78, 5) is 55.6. The van der Waals surface area contributed by atoms with E-state index in [0.29, 0.717) is 44.5 Å². The molecule has 0 aliphatic carbocycles. The van der Waals surface area contributed by atoms with E-state index in [0.717, 1.165) is 29.1 Å². The Bertz CT molecular complexity index is 1180. The van der Waals surface area contributed by atoms with Gasteiger partial charge in [-0.2, -0.15) is 0 Å². The van der Waals surface area contributed by atoms with E-state index in [-0.39, 0.29) is 29.5 Å². The number of carbonyl (C=O) groups is 4. The first-order valence-corrected chi connectivity index (χ1v) is 14.8. The maximum absolute atomic E-state index is 13.7. The highest BCUT2D eigenvalue weighted by Gasteiger charge is 2.38. The molecular weight excluding hydrogens is 518 g/mol. The molecule has 1 aliphatic heterocycles. The van der Waals surface area contributed by atoms with Crippen molar-refractivity contribution in [2.45, 2.75) is 78.8 Å². The van der Waals surface area contributed by atoms with Crippen LogP contribution in [0.4, 0.5) is 0 Å². The molecule has 3 atom stereocenters. The molecule has 1 saturated heterocycles. The highest BCUT2D eigenvalue weighted by atomic mass is 16.5. The molecule has 2 aromatic rings. The predicted molar refractivity (Wildman–Crippen MR) is 159 cm³/mol. The van der Waals surface area contributed by atoms with Crippen LogP contribution in [0, 0.1) is 17.8 Å². The number of nitrogens with zero attached hydrogens (tertiary/aromatic N) is 2. The van der Waals surface area contributed by atoms with Gasteiger partial charge in [-0.3, -0.25) is 24.1 Å². The van der Waals surface area contributed by atoms with Crippen LogP contribution in [0.25, 0.3) is 0 Å². The first kappa shape index (κ1) is 31.8. The number of amides is 4. The fourth-order valence-electron chi connectivity index (χ4n) is 5.40. The van der Waals surface area contributed by atoms with Crippen molar-refractivity contribution < 1.29 is 23.9 Å². The Labute approximate surface area is 244 Å². The summed E-state index contributed by atoms with van der Waals surface area (Å²) in [7, 11) is 1.46. The minimum Gasteiger partial charge on any atom is -0.457 e. The van der Waals surface area contributed by atoms with Crippen LogP contribution in [0.5, 0.6) is 11.5 Å². The molecule has 1 fully saturated rings. The van der Waals surface area contributed by atoms with E-state index in [1.165, 1.54) is 14.0 Å². The van der Waals surface area contributed by atoms with Crippen LogP contribution in [0.15, 0.2) is 54.6 Å². The van der Waals surface area contributed by atoms with Gasteiger partial charge in [0.05, 0.1) is 5.92 Å². The van der Waals surface area contributed by atoms with Gasteiger partial charge >= 0.3 is 0 Å². The van der Waals surface area contributed by atoms with Crippen LogP contribution in [0.1, 0.15) is 71.8 Å². The first-order chi connectivity index (χ1) is 19.6. The number of rotatable bonds is 12. The Balaban J connectivity index is 1.75. The number of benzene rings is 2. The number of hydrogen-bond donors (Lipinski definition) is 1. The molecule has 1 heterocycles. The van der Waals surface area contributed by atoms with Gasteiger partial charge < -0.3 is 15.0 Å². The highest BCUT2D eigenvalue weighted by molar-refractivity contribution is 5.98. The van der Waals surface area contributed by atoms with Gasteiger partial charge in [-0.1, -0.05) is 57.5 Å². The van der Waals surface area contributed by atoms with Crippen molar-refractivity contribution in [1.82, 2.24) is 15.1 Å². The molecule has 0 spiro atoms. The Morgan fingerprint density at radius 2 is 1.73 bits per heavy atom. The maximum Gasteiger partial charge on any atom is 0.245 e. The smallest absolute Gasteiger partial charge is 0.245 e. The molecule has 3 rings (SSSR count). The summed E-state index contributed by atoms with van der Waals surface area (Å²) in [5.41, 5.74) is 0.942. The Morgan fingerprint density at radius 1 is 1.02 bits per heavy atom. The number of hydrogen-bond acceptors (Lipinski definition) is 5. The monoisotopic (exact) mass is 563 g/mol. The minimum atomic E-state index is -0.661. The number of ether oxygens (including phenoxy) is 1. The van der Waals surface area contributed by atoms with E-state index in [2.05, 4.69) is 5.32 Å². The standard InChI is InChI=1S/C33H45N3O5/c1-6-13-28(32(39)35(5)24(4)37)29(20-23(2)3)31(38)34-30-18-10-11-19-36(33(30)40)22-25-14-12-17-27(21-25)41-26-15-8-7-9-16-26/h7-9,12,14-17,21,23,28-30H,6,10-11,13,18-20,22H2,1-5H3,(H,34,38)/t28-,29+,30-/m0/s1. The summed E-state index contributed by atoms with van der Waals surface area (Å²) in [6.45, 7) is 8.34. The van der Waals surface area contributed by atoms with E-state index >= 15 is 0 Å². The normalized spacial score (nSPS) is 17.0. The van der Waals surface area contributed by atoms with Gasteiger partial charge in [-0.15, -0.1) is 0 Å². The van der Waals surface area contributed by atoms with Gasteiger partial charge in [0, 0.05) is 33.0 Å². The fourth-order valence-corrected chi connectivity index (χ4v) is 5.40. The molecule has 0 bridgehead atoms. The zero-order valence-electron chi connectivity index (χ0n) is 25.1. The van der Waals surface area contributed by atoms with Crippen LogP contribution >= 0.6 is 0 Å². The fraction of sp³-hybridized carbons (Fsp3) is 0.515. The second-order valence-corrected chi connectivity index (χ2v) is 11.4. The third-order valence-electron chi connectivity index (χ3n) is 7.62. The first-order valence-electron chi connectivity index (χ1n) is 14.8. The SMILES string of the molecule is CCC[C@H](C(=O)N(C)C(C)=O)[C@@H](CC(C)C)C(=O)N[C@H]1CCCCN(Cc2cccc(Oc3ccccc3)c2)C1=O. The van der Waals surface area contributed by atoms with E-state index in [1.807, 2.05) is 75.4 Å². The van der Waals surface area contributed by atoms with Gasteiger partial charge in [0.15, 0.2) is 0 Å². The molecule has 222 valence electrons. The zero-order chi connectivity index (χ0) is 29.9.